The SMILES string of the molecule is C=C(C)c1cccc(C(C)(C)NC(=O)Nc2ccc3[nH]ccc3c2)c1. The van der Waals surface area contributed by atoms with Crippen molar-refractivity contribution in [3.8, 4) is 0 Å². The largest absolute Gasteiger partial charge is 0.361 e. The summed E-state index contributed by atoms with van der Waals surface area (Å²) in [4.78, 5) is 15.6. The average Bonchev–Trinajstić information content (AvgIpc) is 3.02. The highest BCUT2D eigenvalue weighted by Crippen LogP contribution is 2.24. The molecule has 0 spiro atoms. The van der Waals surface area contributed by atoms with E-state index in [4.69, 9.17) is 0 Å². The molecule has 0 aliphatic carbocycles. The van der Waals surface area contributed by atoms with E-state index in [1.807, 2.05) is 69.4 Å². The van der Waals surface area contributed by atoms with Gasteiger partial charge in [0.1, 0.15) is 0 Å². The maximum absolute atomic E-state index is 12.4. The van der Waals surface area contributed by atoms with E-state index in [1.54, 1.807) is 0 Å². The second-order valence-corrected chi connectivity index (χ2v) is 6.84. The highest BCUT2D eigenvalue weighted by Gasteiger charge is 2.23. The summed E-state index contributed by atoms with van der Waals surface area (Å²) in [5, 5.41) is 7.01. The molecule has 25 heavy (non-hydrogen) atoms. The minimum Gasteiger partial charge on any atom is -0.361 e. The number of rotatable bonds is 4. The highest BCUT2D eigenvalue weighted by atomic mass is 16.2. The highest BCUT2D eigenvalue weighted by molar-refractivity contribution is 5.93. The molecule has 2 amide bonds. The fraction of sp³-hybridized carbons (Fsp3) is 0.190. The fourth-order valence-electron chi connectivity index (χ4n) is 2.82. The van der Waals surface area contributed by atoms with Gasteiger partial charge in [0.05, 0.1) is 5.54 Å². The number of urea groups is 1. The van der Waals surface area contributed by atoms with Crippen LogP contribution in [-0.2, 0) is 5.54 Å². The van der Waals surface area contributed by atoms with Crippen molar-refractivity contribution in [2.75, 3.05) is 5.32 Å². The number of nitrogens with one attached hydrogen (secondary N) is 3. The molecular weight excluding hydrogens is 310 g/mol. The van der Waals surface area contributed by atoms with Gasteiger partial charge < -0.3 is 15.6 Å². The number of hydrogen-bond acceptors (Lipinski definition) is 1. The van der Waals surface area contributed by atoms with Gasteiger partial charge in [0, 0.05) is 22.8 Å². The molecule has 128 valence electrons. The summed E-state index contributed by atoms with van der Waals surface area (Å²) in [7, 11) is 0. The Hall–Kier alpha value is -3.01. The van der Waals surface area contributed by atoms with E-state index in [1.165, 1.54) is 0 Å². The standard InChI is InChI=1S/C21H23N3O/c1-14(2)15-6-5-7-17(12-15)21(3,4)24-20(25)23-18-8-9-19-16(13-18)10-11-22-19/h5-13,22H,1H2,2-4H3,(H2,23,24,25). The molecule has 0 radical (unpaired) electrons. The summed E-state index contributed by atoms with van der Waals surface area (Å²) in [5.41, 5.74) is 4.41. The molecule has 0 saturated heterocycles. The second-order valence-electron chi connectivity index (χ2n) is 6.84. The van der Waals surface area contributed by atoms with Crippen LogP contribution in [0.5, 0.6) is 0 Å². The summed E-state index contributed by atoms with van der Waals surface area (Å²) in [6.07, 6.45) is 1.88. The summed E-state index contributed by atoms with van der Waals surface area (Å²) >= 11 is 0. The average molecular weight is 333 g/mol. The van der Waals surface area contributed by atoms with Gasteiger partial charge in [-0.25, -0.2) is 4.79 Å². The lowest BCUT2D eigenvalue weighted by Gasteiger charge is -2.27. The van der Waals surface area contributed by atoms with Gasteiger partial charge in [0.15, 0.2) is 0 Å². The molecule has 0 fully saturated rings. The number of benzene rings is 2. The van der Waals surface area contributed by atoms with Crippen LogP contribution in [0.3, 0.4) is 0 Å². The van der Waals surface area contributed by atoms with Crippen LogP contribution in [0.15, 0.2) is 61.3 Å². The van der Waals surface area contributed by atoms with Crippen molar-refractivity contribution < 1.29 is 4.79 Å². The summed E-state index contributed by atoms with van der Waals surface area (Å²) in [6, 6.07) is 15.6. The predicted octanol–water partition coefficient (Wildman–Crippen LogP) is 5.26. The zero-order valence-electron chi connectivity index (χ0n) is 14.8. The van der Waals surface area contributed by atoms with Crippen LogP contribution in [0.1, 0.15) is 31.9 Å². The van der Waals surface area contributed by atoms with Crippen LogP contribution in [0.4, 0.5) is 10.5 Å². The molecule has 0 aliphatic rings. The van der Waals surface area contributed by atoms with Crippen molar-refractivity contribution in [3.63, 3.8) is 0 Å². The van der Waals surface area contributed by atoms with Crippen LogP contribution in [0, 0.1) is 0 Å². The quantitative estimate of drug-likeness (QED) is 0.599. The molecule has 0 aliphatic heterocycles. The topological polar surface area (TPSA) is 56.9 Å². The lowest BCUT2D eigenvalue weighted by atomic mass is 9.92. The number of amides is 2. The van der Waals surface area contributed by atoms with Crippen molar-refractivity contribution in [3.05, 3.63) is 72.4 Å². The number of fused-ring (bicyclic) bond motifs is 1. The molecule has 3 aromatic rings. The Morgan fingerprint density at radius 2 is 1.92 bits per heavy atom. The van der Waals surface area contributed by atoms with Crippen LogP contribution in [0.2, 0.25) is 0 Å². The molecule has 2 aromatic carbocycles. The van der Waals surface area contributed by atoms with Gasteiger partial charge in [-0.05, 0) is 62.2 Å². The second kappa shape index (κ2) is 6.48. The monoisotopic (exact) mass is 333 g/mol. The first kappa shape index (κ1) is 16.8. The van der Waals surface area contributed by atoms with Gasteiger partial charge >= 0.3 is 6.03 Å². The number of allylic oxidation sites excluding steroid dienone is 1. The van der Waals surface area contributed by atoms with Gasteiger partial charge in [-0.2, -0.15) is 0 Å². The number of carbonyl (C=O) groups excluding carboxylic acids is 1. The maximum Gasteiger partial charge on any atom is 0.319 e. The van der Waals surface area contributed by atoms with Crippen molar-refractivity contribution in [1.82, 2.24) is 10.3 Å². The summed E-state index contributed by atoms with van der Waals surface area (Å²) in [6.45, 7) is 9.93. The number of aromatic nitrogens is 1. The Labute approximate surface area is 148 Å². The van der Waals surface area contributed by atoms with Crippen molar-refractivity contribution >= 4 is 28.2 Å². The zero-order chi connectivity index (χ0) is 18.0. The Kier molecular flexibility index (Phi) is 4.36. The third-order valence-electron chi connectivity index (χ3n) is 4.31. The maximum atomic E-state index is 12.4. The Bertz CT molecular complexity index is 937. The number of aromatic amines is 1. The predicted molar refractivity (Wildman–Crippen MR) is 105 cm³/mol. The molecule has 3 N–H and O–H groups in total. The Morgan fingerprint density at radius 3 is 2.68 bits per heavy atom. The van der Waals surface area contributed by atoms with Crippen LogP contribution >= 0.6 is 0 Å². The Morgan fingerprint density at radius 1 is 1.12 bits per heavy atom. The molecular formula is C21H23N3O. The first-order valence-electron chi connectivity index (χ1n) is 8.28. The van der Waals surface area contributed by atoms with E-state index >= 15 is 0 Å². The molecule has 0 saturated carbocycles. The van der Waals surface area contributed by atoms with E-state index in [0.29, 0.717) is 0 Å². The van der Waals surface area contributed by atoms with Crippen molar-refractivity contribution in [2.24, 2.45) is 0 Å². The van der Waals surface area contributed by atoms with E-state index in [-0.39, 0.29) is 6.03 Å². The van der Waals surface area contributed by atoms with Crippen LogP contribution in [-0.4, -0.2) is 11.0 Å². The fourth-order valence-corrected chi connectivity index (χ4v) is 2.82. The number of H-pyrrole nitrogens is 1. The lowest BCUT2D eigenvalue weighted by Crippen LogP contribution is -2.43. The summed E-state index contributed by atoms with van der Waals surface area (Å²) in [5.74, 6) is 0. The van der Waals surface area contributed by atoms with E-state index in [0.717, 1.165) is 33.3 Å². The minimum absolute atomic E-state index is 0.236. The van der Waals surface area contributed by atoms with Crippen LogP contribution < -0.4 is 10.6 Å². The molecule has 4 heteroatoms. The van der Waals surface area contributed by atoms with E-state index in [9.17, 15) is 4.79 Å². The Balaban J connectivity index is 1.74. The molecule has 4 nitrogen and oxygen atoms in total. The number of anilines is 1. The smallest absolute Gasteiger partial charge is 0.319 e. The normalized spacial score (nSPS) is 11.3. The molecule has 0 atom stereocenters. The van der Waals surface area contributed by atoms with Crippen molar-refractivity contribution in [2.45, 2.75) is 26.3 Å². The molecule has 1 aromatic heterocycles. The molecule has 0 unspecified atom stereocenters. The first-order chi connectivity index (χ1) is 11.8. The zero-order valence-corrected chi connectivity index (χ0v) is 14.8. The third kappa shape index (κ3) is 3.74. The van der Waals surface area contributed by atoms with Gasteiger partial charge in [-0.3, -0.25) is 0 Å². The minimum atomic E-state index is -0.506. The van der Waals surface area contributed by atoms with E-state index in [2.05, 4.69) is 28.3 Å². The number of carbonyl (C=O) groups is 1. The lowest BCUT2D eigenvalue weighted by molar-refractivity contribution is 0.242. The van der Waals surface area contributed by atoms with Gasteiger partial charge in [0.2, 0.25) is 0 Å². The molecule has 0 bridgehead atoms. The van der Waals surface area contributed by atoms with Gasteiger partial charge in [0.25, 0.3) is 0 Å². The van der Waals surface area contributed by atoms with Crippen molar-refractivity contribution in [1.29, 1.82) is 0 Å². The summed E-state index contributed by atoms with van der Waals surface area (Å²) < 4.78 is 0. The molecule has 3 rings (SSSR count). The number of hydrogen-bond donors (Lipinski definition) is 3. The van der Waals surface area contributed by atoms with E-state index < -0.39 is 5.54 Å². The van der Waals surface area contributed by atoms with Crippen LogP contribution in [0.25, 0.3) is 16.5 Å². The molecule has 1 heterocycles. The van der Waals surface area contributed by atoms with Gasteiger partial charge in [-0.1, -0.05) is 30.4 Å². The first-order valence-corrected chi connectivity index (χ1v) is 8.28. The third-order valence-corrected chi connectivity index (χ3v) is 4.31. The van der Waals surface area contributed by atoms with Gasteiger partial charge in [-0.15, -0.1) is 0 Å².